The van der Waals surface area contributed by atoms with Gasteiger partial charge in [0.15, 0.2) is 5.65 Å². The number of nitrogens with zero attached hydrogens (tertiary/aromatic N) is 5. The summed E-state index contributed by atoms with van der Waals surface area (Å²) in [6.45, 7) is 8.33. The first kappa shape index (κ1) is 19.6. The van der Waals surface area contributed by atoms with Crippen LogP contribution in [0.15, 0.2) is 35.4 Å². The van der Waals surface area contributed by atoms with Crippen LogP contribution in [0.2, 0.25) is 0 Å². The molecular weight excluding hydrogens is 376 g/mol. The Labute approximate surface area is 174 Å². The Balaban J connectivity index is 1.96. The van der Waals surface area contributed by atoms with Crippen LogP contribution in [-0.2, 0) is 6.54 Å². The van der Waals surface area contributed by atoms with Crippen molar-refractivity contribution in [1.82, 2.24) is 24.3 Å². The molecule has 30 heavy (non-hydrogen) atoms. The first-order valence-corrected chi connectivity index (χ1v) is 10.0. The van der Waals surface area contributed by atoms with Gasteiger partial charge >= 0.3 is 0 Å². The van der Waals surface area contributed by atoms with Crippen molar-refractivity contribution in [2.45, 2.75) is 46.7 Å². The van der Waals surface area contributed by atoms with E-state index < -0.39 is 0 Å². The van der Waals surface area contributed by atoms with Crippen LogP contribution in [-0.4, -0.2) is 24.3 Å². The van der Waals surface area contributed by atoms with Crippen LogP contribution in [0.5, 0.6) is 0 Å². The third kappa shape index (κ3) is 3.20. The molecule has 4 rings (SSSR count). The fraction of sp³-hybridized carbons (Fsp3) is 0.304. The molecule has 4 aromatic rings. The molecule has 0 atom stereocenters. The molecule has 0 aliphatic heterocycles. The summed E-state index contributed by atoms with van der Waals surface area (Å²) in [5.74, 6) is 6.45. The zero-order valence-electron chi connectivity index (χ0n) is 17.6. The van der Waals surface area contributed by atoms with Crippen molar-refractivity contribution < 1.29 is 0 Å². The predicted molar refractivity (Wildman–Crippen MR) is 119 cm³/mol. The van der Waals surface area contributed by atoms with E-state index in [0.717, 1.165) is 22.0 Å². The highest BCUT2D eigenvalue weighted by molar-refractivity contribution is 5.90. The first-order chi connectivity index (χ1) is 14.4. The van der Waals surface area contributed by atoms with Gasteiger partial charge in [-0.2, -0.15) is 5.10 Å². The fourth-order valence-corrected chi connectivity index (χ4v) is 3.84. The number of nitrogens with two attached hydrogens (primary N) is 1. The number of benzene rings is 1. The van der Waals surface area contributed by atoms with Gasteiger partial charge in [-0.05, 0) is 43.7 Å². The minimum Gasteiger partial charge on any atom is -0.383 e. The average molecular weight is 400 g/mol. The topological polar surface area (TPSA) is 91.6 Å². The lowest BCUT2D eigenvalue weighted by molar-refractivity contribution is 0.533. The molecule has 7 nitrogen and oxygen atoms in total. The van der Waals surface area contributed by atoms with Crippen LogP contribution >= 0.6 is 0 Å². The highest BCUT2D eigenvalue weighted by Gasteiger charge is 2.18. The van der Waals surface area contributed by atoms with E-state index in [1.165, 1.54) is 6.33 Å². The predicted octanol–water partition coefficient (Wildman–Crippen LogP) is 3.42. The van der Waals surface area contributed by atoms with Crippen LogP contribution in [0.3, 0.4) is 0 Å². The minimum atomic E-state index is -0.00242. The van der Waals surface area contributed by atoms with E-state index in [4.69, 9.17) is 5.73 Å². The van der Waals surface area contributed by atoms with Crippen molar-refractivity contribution in [2.24, 2.45) is 0 Å². The van der Waals surface area contributed by atoms with Crippen molar-refractivity contribution in [3.05, 3.63) is 57.9 Å². The van der Waals surface area contributed by atoms with Gasteiger partial charge < -0.3 is 10.3 Å². The second-order valence-corrected chi connectivity index (χ2v) is 7.56. The Morgan fingerprint density at radius 2 is 2.00 bits per heavy atom. The van der Waals surface area contributed by atoms with E-state index in [1.807, 2.05) is 50.5 Å². The van der Waals surface area contributed by atoms with Gasteiger partial charge in [0, 0.05) is 18.2 Å². The summed E-state index contributed by atoms with van der Waals surface area (Å²) in [7, 11) is 0. The number of pyridine rings is 1. The van der Waals surface area contributed by atoms with E-state index in [2.05, 4.69) is 33.0 Å². The number of nitrogen functional groups attached to an aromatic ring is 1. The summed E-state index contributed by atoms with van der Waals surface area (Å²) in [5, 5.41) is 6.97. The number of rotatable bonds is 3. The fourth-order valence-electron chi connectivity index (χ4n) is 3.84. The quantitative estimate of drug-likeness (QED) is 0.532. The van der Waals surface area contributed by atoms with Gasteiger partial charge in [0.1, 0.15) is 17.8 Å². The Morgan fingerprint density at radius 3 is 2.73 bits per heavy atom. The van der Waals surface area contributed by atoms with Gasteiger partial charge in [-0.15, -0.1) is 0 Å². The summed E-state index contributed by atoms with van der Waals surface area (Å²) in [6.07, 6.45) is 2.13. The molecule has 0 saturated carbocycles. The monoisotopic (exact) mass is 400 g/mol. The van der Waals surface area contributed by atoms with Crippen molar-refractivity contribution in [3.63, 3.8) is 0 Å². The molecule has 0 spiro atoms. The second kappa shape index (κ2) is 7.64. The van der Waals surface area contributed by atoms with Gasteiger partial charge in [-0.3, -0.25) is 4.79 Å². The Bertz CT molecular complexity index is 1380. The number of hydrogen-bond acceptors (Lipinski definition) is 5. The van der Waals surface area contributed by atoms with Crippen molar-refractivity contribution in [3.8, 4) is 11.8 Å². The molecular formula is C23H24N6O. The maximum absolute atomic E-state index is 13.3. The van der Waals surface area contributed by atoms with Crippen LogP contribution < -0.4 is 11.3 Å². The third-order valence-corrected chi connectivity index (χ3v) is 5.14. The molecule has 152 valence electrons. The molecule has 0 amide bonds. The molecule has 0 bridgehead atoms. The Kier molecular flexibility index (Phi) is 5.00. The molecule has 0 aliphatic rings. The highest BCUT2D eigenvalue weighted by Crippen LogP contribution is 2.23. The SMILES string of the molecule is CCC#Cc1nn(Cc2cc3cccc(C)c3c(=O)n2C(C)C)c2ncnc(N)c12. The summed E-state index contributed by atoms with van der Waals surface area (Å²) in [5.41, 5.74) is 9.09. The van der Waals surface area contributed by atoms with Crippen molar-refractivity contribution in [2.75, 3.05) is 5.73 Å². The Hall–Kier alpha value is -3.66. The molecule has 2 N–H and O–H groups in total. The maximum atomic E-state index is 13.3. The van der Waals surface area contributed by atoms with E-state index in [-0.39, 0.29) is 11.6 Å². The number of anilines is 1. The van der Waals surface area contributed by atoms with E-state index in [1.54, 1.807) is 4.68 Å². The van der Waals surface area contributed by atoms with Crippen LogP contribution in [0.1, 0.15) is 50.2 Å². The summed E-state index contributed by atoms with van der Waals surface area (Å²) >= 11 is 0. The van der Waals surface area contributed by atoms with Crippen LogP contribution in [0, 0.1) is 18.8 Å². The smallest absolute Gasteiger partial charge is 0.259 e. The zero-order chi connectivity index (χ0) is 21.4. The summed E-state index contributed by atoms with van der Waals surface area (Å²) in [6, 6.07) is 7.96. The van der Waals surface area contributed by atoms with Gasteiger partial charge in [-0.25, -0.2) is 14.6 Å². The maximum Gasteiger partial charge on any atom is 0.259 e. The molecule has 1 aromatic carbocycles. The molecule has 0 unspecified atom stereocenters. The normalized spacial score (nSPS) is 11.2. The van der Waals surface area contributed by atoms with Gasteiger partial charge in [0.25, 0.3) is 5.56 Å². The zero-order valence-corrected chi connectivity index (χ0v) is 17.6. The largest absolute Gasteiger partial charge is 0.383 e. The summed E-state index contributed by atoms with van der Waals surface area (Å²) < 4.78 is 3.58. The number of fused-ring (bicyclic) bond motifs is 2. The molecule has 0 radical (unpaired) electrons. The van der Waals surface area contributed by atoms with E-state index >= 15 is 0 Å². The number of aromatic nitrogens is 5. The van der Waals surface area contributed by atoms with Gasteiger partial charge in [-0.1, -0.05) is 31.0 Å². The lowest BCUT2D eigenvalue weighted by Gasteiger charge is -2.18. The lowest BCUT2D eigenvalue weighted by atomic mass is 10.1. The lowest BCUT2D eigenvalue weighted by Crippen LogP contribution is -2.27. The molecule has 3 aromatic heterocycles. The van der Waals surface area contributed by atoms with Crippen LogP contribution in [0.4, 0.5) is 5.82 Å². The molecule has 7 heteroatoms. The highest BCUT2D eigenvalue weighted by atomic mass is 16.1. The molecule has 3 heterocycles. The molecule has 0 fully saturated rings. The van der Waals surface area contributed by atoms with Gasteiger partial charge in [0.2, 0.25) is 0 Å². The van der Waals surface area contributed by atoms with Crippen LogP contribution in [0.25, 0.3) is 21.8 Å². The van der Waals surface area contributed by atoms with Crippen molar-refractivity contribution >= 4 is 27.6 Å². The first-order valence-electron chi connectivity index (χ1n) is 10.0. The molecule has 0 saturated heterocycles. The van der Waals surface area contributed by atoms with E-state index in [9.17, 15) is 4.79 Å². The van der Waals surface area contributed by atoms with Crippen molar-refractivity contribution in [1.29, 1.82) is 0 Å². The molecule has 0 aliphatic carbocycles. The minimum absolute atomic E-state index is 0.00242. The average Bonchev–Trinajstić information content (AvgIpc) is 3.04. The number of hydrogen-bond donors (Lipinski definition) is 1. The summed E-state index contributed by atoms with van der Waals surface area (Å²) in [4.78, 5) is 21.8. The standard InChI is InChI=1S/C23H24N6O/c1-5-6-10-18-20-21(24)25-13-26-22(20)28(27-18)12-17-11-16-9-7-8-15(4)19(16)23(30)29(17)14(2)3/h7-9,11,13-14H,5,12H2,1-4H3,(H2,24,25,26). The third-order valence-electron chi connectivity index (χ3n) is 5.14. The van der Waals surface area contributed by atoms with Gasteiger partial charge in [0.05, 0.1) is 17.3 Å². The Morgan fingerprint density at radius 1 is 1.20 bits per heavy atom. The second-order valence-electron chi connectivity index (χ2n) is 7.56. The number of aryl methyl sites for hydroxylation is 1. The van der Waals surface area contributed by atoms with E-state index in [0.29, 0.717) is 35.5 Å².